The van der Waals surface area contributed by atoms with Gasteiger partial charge in [0.15, 0.2) is 0 Å². The number of hydrogen-bond donors (Lipinski definition) is 1. The summed E-state index contributed by atoms with van der Waals surface area (Å²) in [4.78, 5) is 13.9. The average molecular weight is 414 g/mol. The Morgan fingerprint density at radius 1 is 1.00 bits per heavy atom. The van der Waals surface area contributed by atoms with Crippen LogP contribution in [-0.4, -0.2) is 20.9 Å². The third kappa shape index (κ3) is 4.69. The minimum atomic E-state index is -0.315. The lowest BCUT2D eigenvalue weighted by molar-refractivity contribution is -0.111. The zero-order valence-electron chi connectivity index (χ0n) is 17.6. The van der Waals surface area contributed by atoms with Crippen LogP contribution >= 0.6 is 0 Å². The molecule has 0 saturated carbocycles. The van der Waals surface area contributed by atoms with E-state index in [4.69, 9.17) is 0 Å². The predicted molar refractivity (Wildman–Crippen MR) is 122 cm³/mol. The second-order valence-electron chi connectivity index (χ2n) is 7.77. The van der Waals surface area contributed by atoms with Crippen molar-refractivity contribution in [1.29, 1.82) is 0 Å². The summed E-state index contributed by atoms with van der Waals surface area (Å²) in [7, 11) is 0. The number of fused-ring (bicyclic) bond motifs is 1. The van der Waals surface area contributed by atoms with Crippen molar-refractivity contribution in [1.82, 2.24) is 15.0 Å². The number of carbonyl (C=O) groups excluding carboxylic acids is 1. The first-order valence-electron chi connectivity index (χ1n) is 10.1. The molecule has 0 spiro atoms. The topological polar surface area (TPSA) is 59.8 Å². The van der Waals surface area contributed by atoms with Crippen LogP contribution in [0.5, 0.6) is 0 Å². The molecule has 0 radical (unpaired) electrons. The second-order valence-corrected chi connectivity index (χ2v) is 7.77. The van der Waals surface area contributed by atoms with E-state index < -0.39 is 0 Å². The third-order valence-electron chi connectivity index (χ3n) is 5.07. The molecule has 0 saturated heterocycles. The molecular weight excluding hydrogens is 391 g/mol. The molecule has 6 heteroatoms. The molecule has 4 aromatic rings. The number of hydrogen-bond acceptors (Lipinski definition) is 3. The predicted octanol–water partition coefficient (Wildman–Crippen LogP) is 5.64. The molecule has 1 heterocycles. The molecule has 0 aliphatic heterocycles. The fourth-order valence-electron chi connectivity index (χ4n) is 3.23. The van der Waals surface area contributed by atoms with Crippen molar-refractivity contribution < 1.29 is 9.18 Å². The number of benzene rings is 3. The lowest BCUT2D eigenvalue weighted by Crippen LogP contribution is -2.08. The molecular formula is C25H23FN4O. The van der Waals surface area contributed by atoms with Crippen molar-refractivity contribution in [2.24, 2.45) is 0 Å². The summed E-state index contributed by atoms with van der Waals surface area (Å²) < 4.78 is 13.2. The molecule has 5 nitrogen and oxygen atoms in total. The van der Waals surface area contributed by atoms with Crippen molar-refractivity contribution >= 4 is 28.7 Å². The Morgan fingerprint density at radius 2 is 1.65 bits per heavy atom. The number of aromatic nitrogens is 3. The van der Waals surface area contributed by atoms with Gasteiger partial charge in [0.2, 0.25) is 5.91 Å². The van der Waals surface area contributed by atoms with Crippen molar-refractivity contribution in [3.8, 4) is 5.69 Å². The molecule has 4 rings (SSSR count). The minimum Gasteiger partial charge on any atom is -0.322 e. The Kier molecular flexibility index (Phi) is 5.62. The highest BCUT2D eigenvalue weighted by atomic mass is 19.1. The summed E-state index contributed by atoms with van der Waals surface area (Å²) in [5.74, 6) is -0.0632. The van der Waals surface area contributed by atoms with Crippen LogP contribution < -0.4 is 5.32 Å². The van der Waals surface area contributed by atoms with Gasteiger partial charge >= 0.3 is 0 Å². The first-order valence-corrected chi connectivity index (χ1v) is 10.1. The number of rotatable bonds is 5. The number of aryl methyl sites for hydroxylation is 1. The van der Waals surface area contributed by atoms with Gasteiger partial charge in [0.25, 0.3) is 0 Å². The van der Waals surface area contributed by atoms with Crippen LogP contribution in [0, 0.1) is 12.7 Å². The number of halogens is 1. The Balaban J connectivity index is 1.51. The largest absolute Gasteiger partial charge is 0.322 e. The molecule has 1 amide bonds. The Labute approximate surface area is 180 Å². The minimum absolute atomic E-state index is 0.221. The molecule has 3 aromatic carbocycles. The average Bonchev–Trinajstić information content (AvgIpc) is 3.16. The highest BCUT2D eigenvalue weighted by Gasteiger charge is 2.10. The maximum absolute atomic E-state index is 13.2. The Bertz CT molecular complexity index is 1260. The van der Waals surface area contributed by atoms with Gasteiger partial charge in [0.05, 0.1) is 5.69 Å². The van der Waals surface area contributed by atoms with Gasteiger partial charge in [0, 0.05) is 11.8 Å². The highest BCUT2D eigenvalue weighted by molar-refractivity contribution is 6.03. The molecule has 0 aliphatic carbocycles. The normalized spacial score (nSPS) is 11.5. The SMILES string of the molecule is Cc1cc2nn(-c3ccc(F)cc3)nc2cc1NC(=O)/C=C/c1ccc(C(C)C)cc1. The summed E-state index contributed by atoms with van der Waals surface area (Å²) in [6, 6.07) is 17.8. The maximum Gasteiger partial charge on any atom is 0.248 e. The van der Waals surface area contributed by atoms with E-state index in [1.54, 1.807) is 24.3 Å². The van der Waals surface area contributed by atoms with Gasteiger partial charge in [-0.2, -0.15) is 4.80 Å². The molecule has 1 N–H and O–H groups in total. The Hall–Kier alpha value is -3.80. The van der Waals surface area contributed by atoms with E-state index in [0.717, 1.165) is 11.1 Å². The van der Waals surface area contributed by atoms with Crippen LogP contribution in [0.15, 0.2) is 66.7 Å². The van der Waals surface area contributed by atoms with Gasteiger partial charge in [-0.1, -0.05) is 38.1 Å². The lowest BCUT2D eigenvalue weighted by Gasteiger charge is -2.06. The van der Waals surface area contributed by atoms with Gasteiger partial charge in [-0.3, -0.25) is 4.79 Å². The summed E-state index contributed by atoms with van der Waals surface area (Å²) in [5, 5.41) is 11.8. The summed E-state index contributed by atoms with van der Waals surface area (Å²) in [5.41, 5.74) is 5.77. The van der Waals surface area contributed by atoms with Gasteiger partial charge in [0.1, 0.15) is 16.9 Å². The fourth-order valence-corrected chi connectivity index (χ4v) is 3.23. The molecule has 156 valence electrons. The molecule has 31 heavy (non-hydrogen) atoms. The zero-order valence-corrected chi connectivity index (χ0v) is 17.6. The number of carbonyl (C=O) groups is 1. The van der Waals surface area contributed by atoms with Gasteiger partial charge in [-0.15, -0.1) is 10.2 Å². The maximum atomic E-state index is 13.2. The first kappa shape index (κ1) is 20.5. The van der Waals surface area contributed by atoms with E-state index in [1.807, 2.05) is 25.1 Å². The summed E-state index contributed by atoms with van der Waals surface area (Å²) in [6.07, 6.45) is 3.31. The van der Waals surface area contributed by atoms with Crippen LogP contribution in [0.3, 0.4) is 0 Å². The van der Waals surface area contributed by atoms with Crippen molar-refractivity contribution in [3.63, 3.8) is 0 Å². The highest BCUT2D eigenvalue weighted by Crippen LogP contribution is 2.22. The summed E-state index contributed by atoms with van der Waals surface area (Å²) in [6.45, 7) is 6.20. The zero-order chi connectivity index (χ0) is 22.0. The van der Waals surface area contributed by atoms with Gasteiger partial charge < -0.3 is 5.32 Å². The summed E-state index contributed by atoms with van der Waals surface area (Å²) >= 11 is 0. The first-order chi connectivity index (χ1) is 14.9. The fraction of sp³-hybridized carbons (Fsp3) is 0.160. The lowest BCUT2D eigenvalue weighted by atomic mass is 10.0. The van der Waals surface area contributed by atoms with E-state index in [-0.39, 0.29) is 11.7 Å². The number of nitrogens with zero attached hydrogens (tertiary/aromatic N) is 3. The van der Waals surface area contributed by atoms with Crippen molar-refractivity contribution in [3.05, 3.63) is 89.2 Å². The standard InChI is InChI=1S/C25H23FN4O/c1-16(2)19-7-4-18(5-8-19)6-13-25(31)27-22-15-24-23(14-17(22)3)28-30(29-24)21-11-9-20(26)10-12-21/h4-16H,1-3H3,(H,27,31)/b13-6+. The molecule has 0 unspecified atom stereocenters. The number of amides is 1. The monoisotopic (exact) mass is 414 g/mol. The molecule has 0 aliphatic rings. The van der Waals surface area contributed by atoms with Crippen molar-refractivity contribution in [2.75, 3.05) is 5.32 Å². The van der Waals surface area contributed by atoms with Crippen molar-refractivity contribution in [2.45, 2.75) is 26.7 Å². The second kappa shape index (κ2) is 8.52. The van der Waals surface area contributed by atoms with Crippen LogP contribution in [0.2, 0.25) is 0 Å². The molecule has 0 bridgehead atoms. The van der Waals surface area contributed by atoms with Crippen LogP contribution in [0.25, 0.3) is 22.8 Å². The van der Waals surface area contributed by atoms with E-state index in [9.17, 15) is 9.18 Å². The van der Waals surface area contributed by atoms with E-state index in [1.165, 1.54) is 28.6 Å². The molecule has 0 fully saturated rings. The number of anilines is 1. The van der Waals surface area contributed by atoms with E-state index >= 15 is 0 Å². The quantitative estimate of drug-likeness (QED) is 0.430. The smallest absolute Gasteiger partial charge is 0.248 e. The third-order valence-corrected chi connectivity index (χ3v) is 5.07. The van der Waals surface area contributed by atoms with Crippen LogP contribution in [0.1, 0.15) is 36.5 Å². The molecule has 0 atom stereocenters. The number of nitrogens with one attached hydrogen (secondary N) is 1. The van der Waals surface area contributed by atoms with Crippen LogP contribution in [-0.2, 0) is 4.79 Å². The van der Waals surface area contributed by atoms with E-state index in [0.29, 0.717) is 28.3 Å². The van der Waals surface area contributed by atoms with Crippen LogP contribution in [0.4, 0.5) is 10.1 Å². The van der Waals surface area contributed by atoms with Gasteiger partial charge in [-0.05, 0) is 72.0 Å². The van der Waals surface area contributed by atoms with E-state index in [2.05, 4.69) is 41.5 Å². The van der Waals surface area contributed by atoms with Gasteiger partial charge in [-0.25, -0.2) is 4.39 Å². The Morgan fingerprint density at radius 3 is 2.29 bits per heavy atom. The molecule has 1 aromatic heterocycles.